The molecule has 3 heteroatoms. The standard InChI is InChI=1S/C21H34N2O/c1-4-18(23-12-8-5-9-13-23)15-20(21(22)24)19-11-7-6-10-17(19)14-16(2)3/h6-7,10-11,16,18,20H,4-5,8-9,12-15H2,1-3H3,(H2,22,24). The van der Waals surface area contributed by atoms with Crippen molar-refractivity contribution in [1.29, 1.82) is 0 Å². The van der Waals surface area contributed by atoms with Crippen molar-refractivity contribution in [3.05, 3.63) is 35.4 Å². The number of piperidine rings is 1. The van der Waals surface area contributed by atoms with Gasteiger partial charge in [0.1, 0.15) is 0 Å². The van der Waals surface area contributed by atoms with Crippen molar-refractivity contribution in [2.45, 2.75) is 71.3 Å². The largest absolute Gasteiger partial charge is 0.369 e. The molecule has 1 aliphatic rings. The van der Waals surface area contributed by atoms with Crippen LogP contribution in [0.1, 0.15) is 69.9 Å². The molecule has 24 heavy (non-hydrogen) atoms. The molecule has 1 heterocycles. The highest BCUT2D eigenvalue weighted by molar-refractivity contribution is 5.82. The molecule has 2 rings (SSSR count). The molecular weight excluding hydrogens is 296 g/mol. The number of rotatable bonds is 8. The van der Waals surface area contributed by atoms with Crippen molar-refractivity contribution in [3.63, 3.8) is 0 Å². The number of primary amides is 1. The fourth-order valence-corrected chi connectivity index (χ4v) is 4.03. The maximum absolute atomic E-state index is 12.3. The zero-order valence-corrected chi connectivity index (χ0v) is 15.6. The minimum absolute atomic E-state index is 0.174. The van der Waals surface area contributed by atoms with Gasteiger partial charge in [-0.2, -0.15) is 0 Å². The van der Waals surface area contributed by atoms with Gasteiger partial charge in [0.05, 0.1) is 5.92 Å². The number of likely N-dealkylation sites (tertiary alicyclic amines) is 1. The summed E-state index contributed by atoms with van der Waals surface area (Å²) in [6.07, 6.45) is 6.82. The Hall–Kier alpha value is -1.35. The van der Waals surface area contributed by atoms with Crippen molar-refractivity contribution in [3.8, 4) is 0 Å². The number of amides is 1. The van der Waals surface area contributed by atoms with E-state index < -0.39 is 0 Å². The van der Waals surface area contributed by atoms with Crippen molar-refractivity contribution >= 4 is 5.91 Å². The van der Waals surface area contributed by atoms with Crippen LogP contribution in [0.3, 0.4) is 0 Å². The summed E-state index contributed by atoms with van der Waals surface area (Å²) in [5.74, 6) is 0.220. The molecule has 1 fully saturated rings. The summed E-state index contributed by atoms with van der Waals surface area (Å²) < 4.78 is 0. The molecule has 1 aliphatic heterocycles. The van der Waals surface area contributed by atoms with E-state index in [1.807, 2.05) is 6.07 Å². The Bertz CT molecular complexity index is 520. The van der Waals surface area contributed by atoms with Gasteiger partial charge in [-0.3, -0.25) is 4.79 Å². The van der Waals surface area contributed by atoms with Crippen molar-refractivity contribution in [2.24, 2.45) is 11.7 Å². The SMILES string of the molecule is CCC(CC(C(N)=O)c1ccccc1CC(C)C)N1CCCCC1. The summed E-state index contributed by atoms with van der Waals surface area (Å²) in [6, 6.07) is 8.83. The second-order valence-electron chi connectivity index (χ2n) is 7.65. The van der Waals surface area contributed by atoms with Crippen LogP contribution in [-0.2, 0) is 11.2 Å². The lowest BCUT2D eigenvalue weighted by molar-refractivity contribution is -0.120. The summed E-state index contributed by atoms with van der Waals surface area (Å²) >= 11 is 0. The third-order valence-corrected chi connectivity index (χ3v) is 5.29. The van der Waals surface area contributed by atoms with Gasteiger partial charge >= 0.3 is 0 Å². The minimum Gasteiger partial charge on any atom is -0.369 e. The molecule has 3 nitrogen and oxygen atoms in total. The normalized spacial score (nSPS) is 18.5. The van der Waals surface area contributed by atoms with Crippen LogP contribution in [0.2, 0.25) is 0 Å². The number of nitrogens with zero attached hydrogens (tertiary/aromatic N) is 1. The van der Waals surface area contributed by atoms with Gasteiger partial charge in [0, 0.05) is 6.04 Å². The van der Waals surface area contributed by atoms with Gasteiger partial charge in [0.2, 0.25) is 5.91 Å². The third-order valence-electron chi connectivity index (χ3n) is 5.29. The third kappa shape index (κ3) is 5.07. The summed E-state index contributed by atoms with van der Waals surface area (Å²) in [4.78, 5) is 14.8. The van der Waals surface area contributed by atoms with Gasteiger partial charge in [-0.05, 0) is 62.2 Å². The molecule has 1 aromatic carbocycles. The Morgan fingerprint density at radius 1 is 1.17 bits per heavy atom. The predicted molar refractivity (Wildman–Crippen MR) is 101 cm³/mol. The molecule has 2 unspecified atom stereocenters. The van der Waals surface area contributed by atoms with Crippen molar-refractivity contribution in [2.75, 3.05) is 13.1 Å². The lowest BCUT2D eigenvalue weighted by atomic mass is 9.84. The number of hydrogen-bond acceptors (Lipinski definition) is 2. The van der Waals surface area contributed by atoms with Gasteiger partial charge in [-0.15, -0.1) is 0 Å². The lowest BCUT2D eigenvalue weighted by Gasteiger charge is -2.36. The summed E-state index contributed by atoms with van der Waals surface area (Å²) in [7, 11) is 0. The Morgan fingerprint density at radius 2 is 1.83 bits per heavy atom. The van der Waals surface area contributed by atoms with E-state index in [9.17, 15) is 4.79 Å². The molecule has 1 saturated heterocycles. The molecule has 134 valence electrons. The highest BCUT2D eigenvalue weighted by Gasteiger charge is 2.28. The summed E-state index contributed by atoms with van der Waals surface area (Å²) in [6.45, 7) is 9.00. The Kier molecular flexibility index (Phi) is 7.29. The quantitative estimate of drug-likeness (QED) is 0.780. The van der Waals surface area contributed by atoms with Crippen LogP contribution in [0.15, 0.2) is 24.3 Å². The molecule has 1 amide bonds. The predicted octanol–water partition coefficient (Wildman–Crippen LogP) is 4.11. The molecule has 0 aromatic heterocycles. The first-order valence-corrected chi connectivity index (χ1v) is 9.64. The Balaban J connectivity index is 2.21. The van der Waals surface area contributed by atoms with Gasteiger partial charge in [-0.1, -0.05) is 51.5 Å². The smallest absolute Gasteiger partial charge is 0.225 e. The molecule has 0 radical (unpaired) electrons. The van der Waals surface area contributed by atoms with E-state index in [0.717, 1.165) is 37.9 Å². The summed E-state index contributed by atoms with van der Waals surface area (Å²) in [5, 5.41) is 0. The molecule has 0 aliphatic carbocycles. The van der Waals surface area contributed by atoms with Gasteiger partial charge < -0.3 is 10.6 Å². The van der Waals surface area contributed by atoms with Gasteiger partial charge in [0.25, 0.3) is 0 Å². The van der Waals surface area contributed by atoms with E-state index in [-0.39, 0.29) is 11.8 Å². The number of carbonyl (C=O) groups is 1. The van der Waals surface area contributed by atoms with Crippen LogP contribution in [0, 0.1) is 5.92 Å². The monoisotopic (exact) mass is 330 g/mol. The molecule has 0 spiro atoms. The zero-order valence-electron chi connectivity index (χ0n) is 15.6. The molecule has 1 aromatic rings. The second kappa shape index (κ2) is 9.22. The zero-order chi connectivity index (χ0) is 17.5. The first kappa shape index (κ1) is 19.0. The number of hydrogen-bond donors (Lipinski definition) is 1. The maximum atomic E-state index is 12.3. The molecule has 2 atom stereocenters. The van der Waals surface area contributed by atoms with Crippen LogP contribution < -0.4 is 5.73 Å². The summed E-state index contributed by atoms with van der Waals surface area (Å²) in [5.41, 5.74) is 8.27. The van der Waals surface area contributed by atoms with Crippen LogP contribution in [-0.4, -0.2) is 29.9 Å². The first-order valence-electron chi connectivity index (χ1n) is 9.64. The fraction of sp³-hybridized carbons (Fsp3) is 0.667. The topological polar surface area (TPSA) is 46.3 Å². The van der Waals surface area contributed by atoms with Crippen LogP contribution in [0.25, 0.3) is 0 Å². The average molecular weight is 331 g/mol. The number of carbonyl (C=O) groups excluding carboxylic acids is 1. The lowest BCUT2D eigenvalue weighted by Crippen LogP contribution is -2.41. The van der Waals surface area contributed by atoms with E-state index in [2.05, 4.69) is 43.9 Å². The van der Waals surface area contributed by atoms with E-state index in [1.165, 1.54) is 24.8 Å². The Labute approximate surface area is 147 Å². The van der Waals surface area contributed by atoms with E-state index in [4.69, 9.17) is 5.73 Å². The molecule has 0 saturated carbocycles. The highest BCUT2D eigenvalue weighted by Crippen LogP contribution is 2.29. The molecular formula is C21H34N2O. The van der Waals surface area contributed by atoms with E-state index >= 15 is 0 Å². The molecule has 2 N–H and O–H groups in total. The van der Waals surface area contributed by atoms with E-state index in [1.54, 1.807) is 0 Å². The fourth-order valence-electron chi connectivity index (χ4n) is 4.03. The van der Waals surface area contributed by atoms with Crippen LogP contribution >= 0.6 is 0 Å². The maximum Gasteiger partial charge on any atom is 0.225 e. The average Bonchev–Trinajstić information content (AvgIpc) is 2.57. The molecule has 0 bridgehead atoms. The van der Waals surface area contributed by atoms with Gasteiger partial charge in [-0.25, -0.2) is 0 Å². The minimum atomic E-state index is -0.179. The van der Waals surface area contributed by atoms with Crippen LogP contribution in [0.5, 0.6) is 0 Å². The number of nitrogens with two attached hydrogens (primary N) is 1. The number of benzene rings is 1. The van der Waals surface area contributed by atoms with Crippen molar-refractivity contribution < 1.29 is 4.79 Å². The van der Waals surface area contributed by atoms with Gasteiger partial charge in [0.15, 0.2) is 0 Å². The van der Waals surface area contributed by atoms with Crippen molar-refractivity contribution in [1.82, 2.24) is 4.90 Å². The first-order chi connectivity index (χ1) is 11.5. The van der Waals surface area contributed by atoms with E-state index in [0.29, 0.717) is 12.0 Å². The highest BCUT2D eigenvalue weighted by atomic mass is 16.1. The second-order valence-corrected chi connectivity index (χ2v) is 7.65. The Morgan fingerprint density at radius 3 is 2.42 bits per heavy atom. The van der Waals surface area contributed by atoms with Crippen LogP contribution in [0.4, 0.5) is 0 Å².